The van der Waals surface area contributed by atoms with Gasteiger partial charge in [0.2, 0.25) is 0 Å². The van der Waals surface area contributed by atoms with Crippen molar-refractivity contribution in [2.75, 3.05) is 5.32 Å². The summed E-state index contributed by atoms with van der Waals surface area (Å²) in [4.78, 5) is 8.89. The number of anilines is 1. The number of aromatic nitrogens is 2. The van der Waals surface area contributed by atoms with Gasteiger partial charge in [-0.2, -0.15) is 0 Å². The molecule has 0 unspecified atom stereocenters. The van der Waals surface area contributed by atoms with Gasteiger partial charge in [-0.15, -0.1) is 0 Å². The monoisotopic (exact) mass is 345 g/mol. The van der Waals surface area contributed by atoms with Gasteiger partial charge in [0.15, 0.2) is 0 Å². The molecule has 3 aromatic rings. The third-order valence-electron chi connectivity index (χ3n) is 3.22. The van der Waals surface area contributed by atoms with Gasteiger partial charge in [0, 0.05) is 4.47 Å². The molecule has 0 aliphatic heterocycles. The summed E-state index contributed by atoms with van der Waals surface area (Å²) in [7, 11) is 0. The molecule has 0 aliphatic carbocycles. The summed E-state index contributed by atoms with van der Waals surface area (Å²) in [5.74, 6) is 0.428. The van der Waals surface area contributed by atoms with Crippen LogP contribution in [0.2, 0.25) is 0 Å². The molecule has 21 heavy (non-hydrogen) atoms. The predicted octanol–water partition coefficient (Wildman–Crippen LogP) is 4.70. The Morgan fingerprint density at radius 1 is 1.14 bits per heavy atom. The first-order valence-corrected chi connectivity index (χ1v) is 7.35. The van der Waals surface area contributed by atoms with Crippen molar-refractivity contribution in [1.82, 2.24) is 9.97 Å². The summed E-state index contributed by atoms with van der Waals surface area (Å²) in [6.45, 7) is 1.96. The van der Waals surface area contributed by atoms with Crippen molar-refractivity contribution < 1.29 is 4.39 Å². The fraction of sp³-hybridized carbons (Fsp3) is 0.125. The zero-order chi connectivity index (χ0) is 14.8. The molecule has 3 rings (SSSR count). The number of fused-ring (bicyclic) bond motifs is 1. The average Bonchev–Trinajstić information content (AvgIpc) is 2.47. The van der Waals surface area contributed by atoms with Gasteiger partial charge in [-0.1, -0.05) is 28.1 Å². The van der Waals surface area contributed by atoms with Crippen molar-refractivity contribution in [2.24, 2.45) is 0 Å². The first-order valence-electron chi connectivity index (χ1n) is 6.56. The van der Waals surface area contributed by atoms with Crippen LogP contribution in [0.3, 0.4) is 0 Å². The SMILES string of the molecule is C[C@@H](Nc1cnc2cc(Br)ccc2n1)c1cccc(F)c1. The minimum atomic E-state index is -0.240. The molecule has 3 nitrogen and oxygen atoms in total. The van der Waals surface area contributed by atoms with E-state index in [4.69, 9.17) is 0 Å². The van der Waals surface area contributed by atoms with E-state index in [0.29, 0.717) is 5.82 Å². The molecular weight excluding hydrogens is 333 g/mol. The van der Waals surface area contributed by atoms with Crippen molar-refractivity contribution in [2.45, 2.75) is 13.0 Å². The molecule has 1 N–H and O–H groups in total. The Balaban J connectivity index is 1.86. The second-order valence-corrected chi connectivity index (χ2v) is 5.72. The molecule has 0 bridgehead atoms. The molecule has 0 saturated carbocycles. The lowest BCUT2D eigenvalue weighted by molar-refractivity contribution is 0.623. The Morgan fingerprint density at radius 2 is 2.00 bits per heavy atom. The fourth-order valence-corrected chi connectivity index (χ4v) is 2.48. The zero-order valence-corrected chi connectivity index (χ0v) is 12.9. The third kappa shape index (κ3) is 3.19. The molecule has 106 valence electrons. The van der Waals surface area contributed by atoms with Crippen LogP contribution >= 0.6 is 15.9 Å². The Bertz CT molecular complexity index is 791. The molecule has 0 spiro atoms. The normalized spacial score (nSPS) is 12.3. The number of rotatable bonds is 3. The van der Waals surface area contributed by atoms with Gasteiger partial charge in [0.25, 0.3) is 0 Å². The molecule has 0 amide bonds. The van der Waals surface area contributed by atoms with E-state index in [1.807, 2.05) is 31.2 Å². The number of hydrogen-bond donors (Lipinski definition) is 1. The maximum Gasteiger partial charge on any atom is 0.145 e. The van der Waals surface area contributed by atoms with Crippen molar-refractivity contribution in [3.63, 3.8) is 0 Å². The first kappa shape index (κ1) is 13.9. The van der Waals surface area contributed by atoms with E-state index >= 15 is 0 Å². The second-order valence-electron chi connectivity index (χ2n) is 4.81. The van der Waals surface area contributed by atoms with Gasteiger partial charge >= 0.3 is 0 Å². The Labute approximate surface area is 130 Å². The quantitative estimate of drug-likeness (QED) is 0.747. The van der Waals surface area contributed by atoms with E-state index in [0.717, 1.165) is 21.1 Å². The highest BCUT2D eigenvalue weighted by Crippen LogP contribution is 2.21. The van der Waals surface area contributed by atoms with E-state index in [1.165, 1.54) is 12.1 Å². The van der Waals surface area contributed by atoms with Crippen LogP contribution in [0.4, 0.5) is 10.2 Å². The van der Waals surface area contributed by atoms with E-state index in [2.05, 4.69) is 31.2 Å². The lowest BCUT2D eigenvalue weighted by Crippen LogP contribution is -2.08. The molecular formula is C16H13BrFN3. The molecule has 0 radical (unpaired) electrons. The average molecular weight is 346 g/mol. The molecule has 0 saturated heterocycles. The van der Waals surface area contributed by atoms with E-state index in [1.54, 1.807) is 12.3 Å². The minimum Gasteiger partial charge on any atom is -0.362 e. The predicted molar refractivity (Wildman–Crippen MR) is 85.7 cm³/mol. The Hall–Kier alpha value is -2.01. The highest BCUT2D eigenvalue weighted by atomic mass is 79.9. The summed E-state index contributed by atoms with van der Waals surface area (Å²) in [5, 5.41) is 3.24. The summed E-state index contributed by atoms with van der Waals surface area (Å²) in [6, 6.07) is 12.2. The molecule has 1 heterocycles. The van der Waals surface area contributed by atoms with Gasteiger partial charge < -0.3 is 5.32 Å². The van der Waals surface area contributed by atoms with Crippen molar-refractivity contribution in [3.05, 3.63) is 64.5 Å². The van der Waals surface area contributed by atoms with Crippen molar-refractivity contribution >= 4 is 32.8 Å². The molecule has 0 fully saturated rings. The van der Waals surface area contributed by atoms with Crippen LogP contribution in [0, 0.1) is 5.82 Å². The van der Waals surface area contributed by atoms with Gasteiger partial charge in [0.1, 0.15) is 11.6 Å². The largest absolute Gasteiger partial charge is 0.362 e. The Kier molecular flexibility index (Phi) is 3.84. The van der Waals surface area contributed by atoms with Crippen molar-refractivity contribution in [1.29, 1.82) is 0 Å². The third-order valence-corrected chi connectivity index (χ3v) is 3.71. The molecule has 1 atom stereocenters. The van der Waals surface area contributed by atoms with Crippen LogP contribution in [0.5, 0.6) is 0 Å². The Morgan fingerprint density at radius 3 is 2.81 bits per heavy atom. The number of nitrogens with one attached hydrogen (secondary N) is 1. The maximum absolute atomic E-state index is 13.3. The number of benzene rings is 2. The van der Waals surface area contributed by atoms with E-state index in [-0.39, 0.29) is 11.9 Å². The van der Waals surface area contributed by atoms with E-state index in [9.17, 15) is 4.39 Å². The molecule has 0 aliphatic rings. The summed E-state index contributed by atoms with van der Waals surface area (Å²) in [5.41, 5.74) is 2.51. The van der Waals surface area contributed by atoms with Gasteiger partial charge in [0.05, 0.1) is 23.3 Å². The van der Waals surface area contributed by atoms with Crippen molar-refractivity contribution in [3.8, 4) is 0 Å². The summed E-state index contributed by atoms with van der Waals surface area (Å²) >= 11 is 3.41. The summed E-state index contributed by atoms with van der Waals surface area (Å²) < 4.78 is 14.2. The summed E-state index contributed by atoms with van der Waals surface area (Å²) in [6.07, 6.45) is 1.69. The van der Waals surface area contributed by atoms with Gasteiger partial charge in [-0.25, -0.2) is 9.37 Å². The lowest BCUT2D eigenvalue weighted by Gasteiger charge is -2.15. The number of halogens is 2. The molecule has 1 aromatic heterocycles. The second kappa shape index (κ2) is 5.77. The fourth-order valence-electron chi connectivity index (χ4n) is 2.13. The topological polar surface area (TPSA) is 37.8 Å². The minimum absolute atomic E-state index is 0.0529. The highest BCUT2D eigenvalue weighted by Gasteiger charge is 2.08. The van der Waals surface area contributed by atoms with Gasteiger partial charge in [-0.3, -0.25) is 4.98 Å². The first-order chi connectivity index (χ1) is 10.1. The molecule has 2 aromatic carbocycles. The number of nitrogens with zero attached hydrogens (tertiary/aromatic N) is 2. The van der Waals surface area contributed by atoms with Crippen LogP contribution < -0.4 is 5.32 Å². The van der Waals surface area contributed by atoms with Crippen LogP contribution in [-0.2, 0) is 0 Å². The van der Waals surface area contributed by atoms with Crippen LogP contribution in [0.15, 0.2) is 53.1 Å². The number of hydrogen-bond acceptors (Lipinski definition) is 3. The smallest absolute Gasteiger partial charge is 0.145 e. The standard InChI is InChI=1S/C16H13BrFN3/c1-10(11-3-2-4-13(18)7-11)20-16-9-19-15-8-12(17)5-6-14(15)21-16/h2-10H,1H3,(H,20,21)/t10-/m1/s1. The van der Waals surface area contributed by atoms with Crippen LogP contribution in [0.1, 0.15) is 18.5 Å². The maximum atomic E-state index is 13.3. The van der Waals surface area contributed by atoms with Crippen LogP contribution in [0.25, 0.3) is 11.0 Å². The highest BCUT2D eigenvalue weighted by molar-refractivity contribution is 9.10. The van der Waals surface area contributed by atoms with E-state index < -0.39 is 0 Å². The lowest BCUT2D eigenvalue weighted by atomic mass is 10.1. The van der Waals surface area contributed by atoms with Crippen LogP contribution in [-0.4, -0.2) is 9.97 Å². The molecule has 5 heteroatoms. The zero-order valence-electron chi connectivity index (χ0n) is 11.3. The van der Waals surface area contributed by atoms with Gasteiger partial charge in [-0.05, 0) is 42.8 Å².